The number of nitrogens with one attached hydrogen (secondary N) is 1. The van der Waals surface area contributed by atoms with E-state index in [1.165, 1.54) is 0 Å². The monoisotopic (exact) mass is 310 g/mol. The summed E-state index contributed by atoms with van der Waals surface area (Å²) in [5.41, 5.74) is -1.62. The molecule has 1 aromatic heterocycles. The summed E-state index contributed by atoms with van der Waals surface area (Å²) < 4.78 is 0.729. The van der Waals surface area contributed by atoms with Crippen molar-refractivity contribution < 1.29 is 9.90 Å². The van der Waals surface area contributed by atoms with E-state index in [1.807, 2.05) is 4.98 Å². The summed E-state index contributed by atoms with van der Waals surface area (Å²) in [5, 5.41) is 9.11. The van der Waals surface area contributed by atoms with Gasteiger partial charge < -0.3 is 5.11 Å². The molecule has 6 nitrogen and oxygen atoms in total. The van der Waals surface area contributed by atoms with E-state index in [2.05, 4.69) is 15.9 Å². The maximum Gasteiger partial charge on any atom is 0.354 e. The molecule has 0 saturated heterocycles. The predicted octanol–water partition coefficient (Wildman–Crippen LogP) is 0.987. The smallest absolute Gasteiger partial charge is 0.354 e. The highest BCUT2D eigenvalue weighted by Crippen LogP contribution is 2.14. The van der Waals surface area contributed by atoms with Crippen LogP contribution in [0.4, 0.5) is 0 Å². The van der Waals surface area contributed by atoms with Crippen molar-refractivity contribution >= 4 is 21.9 Å². The number of para-hydroxylation sites is 1. The van der Waals surface area contributed by atoms with Gasteiger partial charge in [-0.05, 0) is 28.1 Å². The number of nitrogens with zero attached hydrogens (tertiary/aromatic N) is 1. The Morgan fingerprint density at radius 2 is 1.83 bits per heavy atom. The number of H-pyrrole nitrogens is 1. The Bertz CT molecular complexity index is 718. The average Bonchev–Trinajstić information content (AvgIpc) is 2.34. The zero-order valence-electron chi connectivity index (χ0n) is 8.88. The first-order valence-corrected chi connectivity index (χ1v) is 5.65. The number of carboxylic acids is 1. The van der Waals surface area contributed by atoms with Gasteiger partial charge in [0.15, 0.2) is 5.69 Å². The van der Waals surface area contributed by atoms with Crippen molar-refractivity contribution in [2.75, 3.05) is 0 Å². The topological polar surface area (TPSA) is 92.2 Å². The van der Waals surface area contributed by atoms with Gasteiger partial charge in [0, 0.05) is 0 Å². The van der Waals surface area contributed by atoms with Gasteiger partial charge in [0.2, 0.25) is 0 Å². The molecule has 7 heteroatoms. The van der Waals surface area contributed by atoms with E-state index in [9.17, 15) is 14.4 Å². The highest BCUT2D eigenvalue weighted by Gasteiger charge is 2.19. The normalized spacial score (nSPS) is 10.3. The second-order valence-corrected chi connectivity index (χ2v) is 4.19. The van der Waals surface area contributed by atoms with Crippen LogP contribution in [0.15, 0.2) is 44.4 Å². The summed E-state index contributed by atoms with van der Waals surface area (Å²) in [5.74, 6) is -1.37. The van der Waals surface area contributed by atoms with Crippen LogP contribution < -0.4 is 11.2 Å². The summed E-state index contributed by atoms with van der Waals surface area (Å²) in [4.78, 5) is 36.3. The van der Waals surface area contributed by atoms with Crippen molar-refractivity contribution in [3.8, 4) is 5.69 Å². The molecule has 0 aliphatic rings. The third-order valence-electron chi connectivity index (χ3n) is 2.27. The third-order valence-corrected chi connectivity index (χ3v) is 3.01. The molecule has 2 N–H and O–H groups in total. The largest absolute Gasteiger partial charge is 0.477 e. The Morgan fingerprint density at radius 3 is 2.39 bits per heavy atom. The van der Waals surface area contributed by atoms with Crippen molar-refractivity contribution in [1.82, 2.24) is 9.55 Å². The number of rotatable bonds is 2. The second kappa shape index (κ2) is 4.61. The number of benzene rings is 1. The number of carbonyl (C=O) groups is 1. The number of aromatic carboxylic acids is 1. The van der Waals surface area contributed by atoms with Crippen LogP contribution in [0.3, 0.4) is 0 Å². The molecule has 2 rings (SSSR count). The Morgan fingerprint density at radius 1 is 1.22 bits per heavy atom. The zero-order valence-corrected chi connectivity index (χ0v) is 10.5. The van der Waals surface area contributed by atoms with E-state index in [-0.39, 0.29) is 4.47 Å². The van der Waals surface area contributed by atoms with Crippen molar-refractivity contribution in [3.63, 3.8) is 0 Å². The van der Waals surface area contributed by atoms with Crippen molar-refractivity contribution in [1.29, 1.82) is 0 Å². The molecule has 2 aromatic rings. The standard InChI is InChI=1S/C11H7BrN2O4/c12-7-8(10(16)17)14(11(18)13-9(7)15)6-4-2-1-3-5-6/h1-5H,(H,16,17)(H,13,15,18). The summed E-state index contributed by atoms with van der Waals surface area (Å²) in [6, 6.07) is 8.19. The van der Waals surface area contributed by atoms with Crippen LogP contribution in [-0.4, -0.2) is 20.6 Å². The first kappa shape index (κ1) is 12.3. The first-order valence-electron chi connectivity index (χ1n) is 4.86. The SMILES string of the molecule is O=C(O)c1c(Br)c(=O)[nH]c(=O)n1-c1ccccc1. The lowest BCUT2D eigenvalue weighted by Crippen LogP contribution is -2.34. The van der Waals surface area contributed by atoms with Crippen LogP contribution in [0, 0.1) is 0 Å². The fourth-order valence-corrected chi connectivity index (χ4v) is 1.97. The minimum absolute atomic E-state index is 0.196. The van der Waals surface area contributed by atoms with Crippen LogP contribution in [-0.2, 0) is 0 Å². The Labute approximate surface area is 109 Å². The zero-order chi connectivity index (χ0) is 13.3. The van der Waals surface area contributed by atoms with Gasteiger partial charge in [-0.1, -0.05) is 18.2 Å². The van der Waals surface area contributed by atoms with Crippen LogP contribution in [0.25, 0.3) is 5.69 Å². The average molecular weight is 311 g/mol. The Kier molecular flexibility index (Phi) is 3.15. The summed E-state index contributed by atoms with van der Waals surface area (Å²) in [6.07, 6.45) is 0. The molecule has 1 aromatic carbocycles. The molecular formula is C11H7BrN2O4. The van der Waals surface area contributed by atoms with E-state index in [0.29, 0.717) is 5.69 Å². The predicted molar refractivity (Wildman–Crippen MR) is 67.3 cm³/mol. The number of halogens is 1. The first-order chi connectivity index (χ1) is 8.52. The molecule has 0 spiro atoms. The van der Waals surface area contributed by atoms with Crippen molar-refractivity contribution in [3.05, 3.63) is 61.3 Å². The number of carboxylic acid groups (broad SMARTS) is 1. The van der Waals surface area contributed by atoms with Crippen LogP contribution >= 0.6 is 15.9 Å². The quantitative estimate of drug-likeness (QED) is 0.865. The maximum atomic E-state index is 11.7. The minimum atomic E-state index is -1.37. The van der Waals surface area contributed by atoms with Crippen LogP contribution in [0.2, 0.25) is 0 Å². The van der Waals surface area contributed by atoms with E-state index >= 15 is 0 Å². The Hall–Kier alpha value is -2.15. The molecule has 18 heavy (non-hydrogen) atoms. The molecule has 1 heterocycles. The number of aromatic amines is 1. The van der Waals surface area contributed by atoms with Crippen LogP contribution in [0.1, 0.15) is 10.5 Å². The number of hydrogen-bond donors (Lipinski definition) is 2. The summed E-state index contributed by atoms with van der Waals surface area (Å²) in [6.45, 7) is 0. The molecule has 0 radical (unpaired) electrons. The summed E-state index contributed by atoms with van der Waals surface area (Å²) >= 11 is 2.88. The number of aromatic nitrogens is 2. The van der Waals surface area contributed by atoms with Gasteiger partial charge in [-0.25, -0.2) is 9.59 Å². The fourth-order valence-electron chi connectivity index (χ4n) is 1.53. The molecule has 0 atom stereocenters. The van der Waals surface area contributed by atoms with Gasteiger partial charge in [0.1, 0.15) is 4.47 Å². The second-order valence-electron chi connectivity index (χ2n) is 3.40. The van der Waals surface area contributed by atoms with Crippen molar-refractivity contribution in [2.45, 2.75) is 0 Å². The molecule has 0 bridgehead atoms. The number of hydrogen-bond acceptors (Lipinski definition) is 3. The molecule has 0 unspecified atom stereocenters. The van der Waals surface area contributed by atoms with Crippen LogP contribution in [0.5, 0.6) is 0 Å². The maximum absolute atomic E-state index is 11.7. The molecule has 0 saturated carbocycles. The highest BCUT2D eigenvalue weighted by molar-refractivity contribution is 9.10. The minimum Gasteiger partial charge on any atom is -0.477 e. The fraction of sp³-hybridized carbons (Fsp3) is 0. The van der Waals surface area contributed by atoms with Gasteiger partial charge in [-0.2, -0.15) is 0 Å². The molecule has 0 fully saturated rings. The van der Waals surface area contributed by atoms with Gasteiger partial charge in [-0.15, -0.1) is 0 Å². The molecule has 0 aliphatic heterocycles. The van der Waals surface area contributed by atoms with E-state index in [4.69, 9.17) is 5.11 Å². The molecule has 0 amide bonds. The van der Waals surface area contributed by atoms with E-state index < -0.39 is 22.9 Å². The lowest BCUT2D eigenvalue weighted by molar-refractivity contribution is 0.0685. The van der Waals surface area contributed by atoms with Gasteiger partial charge in [0.05, 0.1) is 5.69 Å². The molecule has 92 valence electrons. The third kappa shape index (κ3) is 2.00. The highest BCUT2D eigenvalue weighted by atomic mass is 79.9. The summed E-state index contributed by atoms with van der Waals surface area (Å²) in [7, 11) is 0. The molecular weight excluding hydrogens is 304 g/mol. The lowest BCUT2D eigenvalue weighted by Gasteiger charge is -2.09. The van der Waals surface area contributed by atoms with Gasteiger partial charge >= 0.3 is 11.7 Å². The van der Waals surface area contributed by atoms with E-state index in [1.54, 1.807) is 30.3 Å². The molecule has 0 aliphatic carbocycles. The van der Waals surface area contributed by atoms with Crippen molar-refractivity contribution in [2.24, 2.45) is 0 Å². The van der Waals surface area contributed by atoms with E-state index in [0.717, 1.165) is 4.57 Å². The van der Waals surface area contributed by atoms with Gasteiger partial charge in [-0.3, -0.25) is 14.3 Å². The van der Waals surface area contributed by atoms with Gasteiger partial charge in [0.25, 0.3) is 5.56 Å². The lowest BCUT2D eigenvalue weighted by atomic mass is 10.3. The Balaban J connectivity index is 2.91.